The number of carbonyl (C=O) groups excluding carboxylic acids is 1. The summed E-state index contributed by atoms with van der Waals surface area (Å²) in [5.41, 5.74) is 0. The van der Waals surface area contributed by atoms with Crippen LogP contribution in [0.1, 0.15) is 84.0 Å². The summed E-state index contributed by atoms with van der Waals surface area (Å²) in [6, 6.07) is 0. The van der Waals surface area contributed by atoms with E-state index in [9.17, 15) is 4.79 Å². The van der Waals surface area contributed by atoms with E-state index in [4.69, 9.17) is 0 Å². The predicted octanol–water partition coefficient (Wildman–Crippen LogP) is 4.54. The lowest BCUT2D eigenvalue weighted by atomic mass is 10.1. The van der Waals surface area contributed by atoms with Crippen molar-refractivity contribution in [2.45, 2.75) is 84.0 Å². The number of hydrogen-bond acceptors (Lipinski definition) is 2. The summed E-state index contributed by atoms with van der Waals surface area (Å²) in [6.45, 7) is 5.65. The van der Waals surface area contributed by atoms with Crippen LogP contribution in [0.25, 0.3) is 0 Å². The maximum atomic E-state index is 11.6. The largest absolute Gasteiger partial charge is 0.340 e. The summed E-state index contributed by atoms with van der Waals surface area (Å²) in [7, 11) is 0. The van der Waals surface area contributed by atoms with Gasteiger partial charge < -0.3 is 10.2 Å². The SMILES string of the molecule is CCCCCCCCCCCCCCN1CCNCC1=O.Cl. The van der Waals surface area contributed by atoms with E-state index in [0.717, 1.165) is 19.6 Å². The standard InChI is InChI=1S/C18H36N2O.ClH/c1-2-3-4-5-6-7-8-9-10-11-12-13-15-20-16-14-19-17-18(20)21;/h19H,2-17H2,1H3;1H. The lowest BCUT2D eigenvalue weighted by Crippen LogP contribution is -2.48. The third kappa shape index (κ3) is 11.3. The van der Waals surface area contributed by atoms with Crippen LogP contribution >= 0.6 is 12.4 Å². The summed E-state index contributed by atoms with van der Waals surface area (Å²) in [4.78, 5) is 13.6. The van der Waals surface area contributed by atoms with Crippen molar-refractivity contribution in [2.75, 3.05) is 26.2 Å². The first kappa shape index (κ1) is 21.7. The fourth-order valence-corrected chi connectivity index (χ4v) is 3.03. The molecule has 1 heterocycles. The highest BCUT2D eigenvalue weighted by molar-refractivity contribution is 5.85. The van der Waals surface area contributed by atoms with Gasteiger partial charge in [0.1, 0.15) is 0 Å². The molecule has 0 aliphatic carbocycles. The highest BCUT2D eigenvalue weighted by Gasteiger charge is 2.16. The van der Waals surface area contributed by atoms with Gasteiger partial charge in [0.25, 0.3) is 0 Å². The van der Waals surface area contributed by atoms with Gasteiger partial charge in [-0.2, -0.15) is 0 Å². The third-order valence-electron chi connectivity index (χ3n) is 4.47. The molecule has 1 fully saturated rings. The second-order valence-corrected chi connectivity index (χ2v) is 6.45. The van der Waals surface area contributed by atoms with Gasteiger partial charge in [-0.25, -0.2) is 0 Å². The maximum Gasteiger partial charge on any atom is 0.236 e. The summed E-state index contributed by atoms with van der Waals surface area (Å²) in [5.74, 6) is 0.282. The first-order valence-electron chi connectivity index (χ1n) is 9.33. The van der Waals surface area contributed by atoms with Crippen molar-refractivity contribution >= 4 is 18.3 Å². The van der Waals surface area contributed by atoms with Gasteiger partial charge in [-0.05, 0) is 6.42 Å². The van der Waals surface area contributed by atoms with E-state index in [2.05, 4.69) is 12.2 Å². The Labute approximate surface area is 144 Å². The molecule has 0 radical (unpaired) electrons. The van der Waals surface area contributed by atoms with Crippen molar-refractivity contribution in [1.82, 2.24) is 10.2 Å². The van der Waals surface area contributed by atoms with Crippen molar-refractivity contribution in [3.8, 4) is 0 Å². The topological polar surface area (TPSA) is 32.3 Å². The van der Waals surface area contributed by atoms with E-state index in [0.29, 0.717) is 6.54 Å². The van der Waals surface area contributed by atoms with Gasteiger partial charge >= 0.3 is 0 Å². The Kier molecular flexibility index (Phi) is 15.4. The number of nitrogens with one attached hydrogen (secondary N) is 1. The zero-order chi connectivity index (χ0) is 15.2. The molecule has 0 saturated carbocycles. The second-order valence-electron chi connectivity index (χ2n) is 6.45. The first-order valence-corrected chi connectivity index (χ1v) is 9.33. The molecule has 1 rings (SSSR count). The molecule has 132 valence electrons. The van der Waals surface area contributed by atoms with E-state index in [1.807, 2.05) is 4.90 Å². The van der Waals surface area contributed by atoms with Crippen LogP contribution < -0.4 is 5.32 Å². The van der Waals surface area contributed by atoms with E-state index in [1.54, 1.807) is 0 Å². The molecular weight excluding hydrogens is 296 g/mol. The molecule has 3 nitrogen and oxygen atoms in total. The van der Waals surface area contributed by atoms with Crippen LogP contribution in [0.2, 0.25) is 0 Å². The lowest BCUT2D eigenvalue weighted by molar-refractivity contribution is -0.131. The van der Waals surface area contributed by atoms with Crippen LogP contribution in [0.3, 0.4) is 0 Å². The molecule has 0 bridgehead atoms. The number of piperazine rings is 1. The van der Waals surface area contributed by atoms with Crippen LogP contribution in [0.4, 0.5) is 0 Å². The molecule has 1 N–H and O–H groups in total. The van der Waals surface area contributed by atoms with Gasteiger partial charge in [-0.15, -0.1) is 12.4 Å². The minimum Gasteiger partial charge on any atom is -0.340 e. The van der Waals surface area contributed by atoms with E-state index in [1.165, 1.54) is 77.0 Å². The van der Waals surface area contributed by atoms with Crippen LogP contribution in [0.5, 0.6) is 0 Å². The normalized spacial score (nSPS) is 15.0. The second kappa shape index (κ2) is 15.6. The molecule has 0 unspecified atom stereocenters. The molecule has 22 heavy (non-hydrogen) atoms. The fraction of sp³-hybridized carbons (Fsp3) is 0.944. The lowest BCUT2D eigenvalue weighted by Gasteiger charge is -2.27. The molecule has 1 aliphatic rings. The van der Waals surface area contributed by atoms with Gasteiger partial charge in [0, 0.05) is 19.6 Å². The van der Waals surface area contributed by atoms with Crippen LogP contribution in [-0.4, -0.2) is 37.0 Å². The van der Waals surface area contributed by atoms with Gasteiger partial charge in [0.05, 0.1) is 6.54 Å². The van der Waals surface area contributed by atoms with Gasteiger partial charge in [0.2, 0.25) is 5.91 Å². The quantitative estimate of drug-likeness (QED) is 0.502. The van der Waals surface area contributed by atoms with Crippen LogP contribution in [0, 0.1) is 0 Å². The Morgan fingerprint density at radius 1 is 0.864 bits per heavy atom. The fourth-order valence-electron chi connectivity index (χ4n) is 3.03. The highest BCUT2D eigenvalue weighted by atomic mass is 35.5. The van der Waals surface area contributed by atoms with Crippen molar-refractivity contribution < 1.29 is 4.79 Å². The van der Waals surface area contributed by atoms with Gasteiger partial charge in [-0.1, -0.05) is 77.6 Å². The van der Waals surface area contributed by atoms with Crippen molar-refractivity contribution in [3.63, 3.8) is 0 Å². The molecule has 0 atom stereocenters. The Balaban J connectivity index is 0.00000441. The first-order chi connectivity index (χ1) is 10.3. The summed E-state index contributed by atoms with van der Waals surface area (Å²) < 4.78 is 0. The molecule has 1 aliphatic heterocycles. The number of hydrogen-bond donors (Lipinski definition) is 1. The zero-order valence-corrected chi connectivity index (χ0v) is 15.4. The van der Waals surface area contributed by atoms with E-state index < -0.39 is 0 Å². The Hall–Kier alpha value is -0.280. The Bertz CT molecular complexity index is 261. The number of carbonyl (C=O) groups is 1. The maximum absolute atomic E-state index is 11.6. The van der Waals surface area contributed by atoms with Crippen molar-refractivity contribution in [2.24, 2.45) is 0 Å². The smallest absolute Gasteiger partial charge is 0.236 e. The van der Waals surface area contributed by atoms with Crippen molar-refractivity contribution in [1.29, 1.82) is 0 Å². The molecule has 0 spiro atoms. The number of unbranched alkanes of at least 4 members (excludes halogenated alkanes) is 11. The van der Waals surface area contributed by atoms with E-state index in [-0.39, 0.29) is 18.3 Å². The predicted molar refractivity (Wildman–Crippen MR) is 97.8 cm³/mol. The minimum atomic E-state index is 0. The number of amides is 1. The summed E-state index contributed by atoms with van der Waals surface area (Å²) in [6.07, 6.45) is 16.5. The molecule has 0 aromatic rings. The van der Waals surface area contributed by atoms with Crippen LogP contribution in [0.15, 0.2) is 0 Å². The zero-order valence-electron chi connectivity index (χ0n) is 14.6. The number of rotatable bonds is 13. The molecule has 1 saturated heterocycles. The van der Waals surface area contributed by atoms with Crippen molar-refractivity contribution in [3.05, 3.63) is 0 Å². The molecule has 0 aromatic heterocycles. The summed E-state index contributed by atoms with van der Waals surface area (Å²) in [5, 5.41) is 3.12. The molecule has 1 amide bonds. The van der Waals surface area contributed by atoms with E-state index >= 15 is 0 Å². The molecule has 4 heteroatoms. The Morgan fingerprint density at radius 2 is 1.36 bits per heavy atom. The third-order valence-corrected chi connectivity index (χ3v) is 4.47. The number of nitrogens with zero attached hydrogens (tertiary/aromatic N) is 1. The summed E-state index contributed by atoms with van der Waals surface area (Å²) >= 11 is 0. The molecular formula is C18H37ClN2O. The van der Waals surface area contributed by atoms with Crippen LogP contribution in [-0.2, 0) is 4.79 Å². The monoisotopic (exact) mass is 332 g/mol. The average molecular weight is 333 g/mol. The highest BCUT2D eigenvalue weighted by Crippen LogP contribution is 2.12. The van der Waals surface area contributed by atoms with Gasteiger partial charge in [0.15, 0.2) is 0 Å². The van der Waals surface area contributed by atoms with Gasteiger partial charge in [-0.3, -0.25) is 4.79 Å². The average Bonchev–Trinajstić information content (AvgIpc) is 2.50. The Morgan fingerprint density at radius 3 is 1.86 bits per heavy atom. The number of halogens is 1. The minimum absolute atomic E-state index is 0. The molecule has 0 aromatic carbocycles.